The van der Waals surface area contributed by atoms with Crippen molar-refractivity contribution in [3.8, 4) is 51.2 Å². The molecule has 0 bridgehead atoms. The first-order valence-corrected chi connectivity index (χ1v) is 15.8. The molecule has 48 heavy (non-hydrogen) atoms. The van der Waals surface area contributed by atoms with Crippen LogP contribution in [-0.2, 0) is 0 Å². The van der Waals surface area contributed by atoms with Crippen LogP contribution in [0.3, 0.4) is 0 Å². The minimum absolute atomic E-state index is 0.498. The summed E-state index contributed by atoms with van der Waals surface area (Å²) in [5.41, 5.74) is 12.1. The van der Waals surface area contributed by atoms with Gasteiger partial charge in [-0.05, 0) is 100 Å². The molecule has 4 heteroatoms. The topological polar surface area (TPSA) is 65.7 Å². The third kappa shape index (κ3) is 4.36. The first-order valence-electron chi connectivity index (χ1n) is 15.8. The highest BCUT2D eigenvalue weighted by Gasteiger charge is 2.17. The Morgan fingerprint density at radius 2 is 1.10 bits per heavy atom. The zero-order valence-electron chi connectivity index (χ0n) is 25.7. The Kier molecular flexibility index (Phi) is 6.22. The van der Waals surface area contributed by atoms with Gasteiger partial charge in [-0.15, -0.1) is 0 Å². The molecule has 0 unspecified atom stereocenters. The molecule has 0 fully saturated rings. The van der Waals surface area contributed by atoms with E-state index in [0.717, 1.165) is 66.1 Å². The Morgan fingerprint density at radius 1 is 0.438 bits per heavy atom. The molecule has 2 aromatic heterocycles. The maximum atomic E-state index is 10.3. The van der Waals surface area contributed by atoms with Gasteiger partial charge >= 0.3 is 0 Å². The third-order valence-corrected chi connectivity index (χ3v) is 9.23. The molecule has 0 aliphatic carbocycles. The summed E-state index contributed by atoms with van der Waals surface area (Å²) in [6.07, 6.45) is 0. The number of fused-ring (bicyclic) bond motifs is 6. The molecule has 0 saturated heterocycles. The van der Waals surface area contributed by atoms with E-state index in [2.05, 4.69) is 120 Å². The SMILES string of the molecule is N#Cc1ccc2c(c1)c1ccccc1n2-c1ccc2oc3c(C#N)cc(-c4cccc(-c5cccc(-c6ccccc6)c5)c4)cc3c2c1. The van der Waals surface area contributed by atoms with Crippen LogP contribution in [0.2, 0.25) is 0 Å². The van der Waals surface area contributed by atoms with Crippen LogP contribution in [0.4, 0.5) is 0 Å². The largest absolute Gasteiger partial charge is 0.455 e. The summed E-state index contributed by atoms with van der Waals surface area (Å²) < 4.78 is 8.55. The Hall–Kier alpha value is -6.88. The van der Waals surface area contributed by atoms with Gasteiger partial charge < -0.3 is 8.98 Å². The maximum Gasteiger partial charge on any atom is 0.153 e. The van der Waals surface area contributed by atoms with Crippen molar-refractivity contribution in [2.24, 2.45) is 0 Å². The van der Waals surface area contributed by atoms with Crippen LogP contribution < -0.4 is 0 Å². The Labute approximate surface area is 276 Å². The Balaban J connectivity index is 1.20. The van der Waals surface area contributed by atoms with Crippen molar-refractivity contribution in [3.05, 3.63) is 163 Å². The predicted octanol–water partition coefficient (Wildman–Crippen LogP) is 11.4. The number of hydrogen-bond acceptors (Lipinski definition) is 3. The summed E-state index contributed by atoms with van der Waals surface area (Å²) in [7, 11) is 0. The van der Waals surface area contributed by atoms with Crippen molar-refractivity contribution in [2.45, 2.75) is 0 Å². The molecule has 9 aromatic rings. The van der Waals surface area contributed by atoms with Gasteiger partial charge in [0.1, 0.15) is 11.7 Å². The van der Waals surface area contributed by atoms with Gasteiger partial charge in [-0.3, -0.25) is 0 Å². The summed E-state index contributed by atoms with van der Waals surface area (Å²) in [4.78, 5) is 0. The number of benzene rings is 7. The number of nitrogens with zero attached hydrogens (tertiary/aromatic N) is 3. The normalized spacial score (nSPS) is 11.3. The molecule has 0 spiro atoms. The van der Waals surface area contributed by atoms with E-state index in [1.807, 2.05) is 48.5 Å². The van der Waals surface area contributed by atoms with Crippen molar-refractivity contribution in [1.29, 1.82) is 10.5 Å². The van der Waals surface area contributed by atoms with Crippen LogP contribution in [0.15, 0.2) is 156 Å². The summed E-state index contributed by atoms with van der Waals surface area (Å²) >= 11 is 0. The molecule has 7 aromatic carbocycles. The molecule has 0 amide bonds. The number of furan rings is 1. The molecular weight excluding hydrogens is 587 g/mol. The molecule has 222 valence electrons. The zero-order chi connectivity index (χ0) is 32.2. The maximum absolute atomic E-state index is 10.3. The van der Waals surface area contributed by atoms with Crippen LogP contribution in [0.25, 0.3) is 82.8 Å². The molecule has 0 aliphatic rings. The number of hydrogen-bond donors (Lipinski definition) is 0. The summed E-state index contributed by atoms with van der Waals surface area (Å²) in [5, 5.41) is 23.8. The van der Waals surface area contributed by atoms with Crippen LogP contribution in [-0.4, -0.2) is 4.57 Å². The minimum Gasteiger partial charge on any atom is -0.455 e. The van der Waals surface area contributed by atoms with Crippen LogP contribution in [0.5, 0.6) is 0 Å². The predicted molar refractivity (Wildman–Crippen MR) is 194 cm³/mol. The second kappa shape index (κ2) is 10.9. The monoisotopic (exact) mass is 611 g/mol. The highest BCUT2D eigenvalue weighted by molar-refractivity contribution is 6.12. The van der Waals surface area contributed by atoms with Gasteiger partial charge in [0.25, 0.3) is 0 Å². The van der Waals surface area contributed by atoms with E-state index in [0.29, 0.717) is 16.7 Å². The zero-order valence-corrected chi connectivity index (χ0v) is 25.7. The van der Waals surface area contributed by atoms with Gasteiger partial charge in [0.15, 0.2) is 5.58 Å². The number of nitriles is 2. The van der Waals surface area contributed by atoms with E-state index in [1.165, 1.54) is 11.1 Å². The minimum atomic E-state index is 0.498. The van der Waals surface area contributed by atoms with Crippen LogP contribution in [0, 0.1) is 22.7 Å². The lowest BCUT2D eigenvalue weighted by Crippen LogP contribution is -1.93. The number of aromatic nitrogens is 1. The highest BCUT2D eigenvalue weighted by atomic mass is 16.3. The van der Waals surface area contributed by atoms with E-state index in [-0.39, 0.29) is 0 Å². The quantitative estimate of drug-likeness (QED) is 0.199. The van der Waals surface area contributed by atoms with Crippen molar-refractivity contribution >= 4 is 43.7 Å². The molecule has 0 radical (unpaired) electrons. The van der Waals surface area contributed by atoms with Gasteiger partial charge in [0.05, 0.1) is 28.2 Å². The van der Waals surface area contributed by atoms with Gasteiger partial charge in [0, 0.05) is 27.2 Å². The molecule has 0 N–H and O–H groups in total. The molecule has 0 saturated carbocycles. The fraction of sp³-hybridized carbons (Fsp3) is 0. The van der Waals surface area contributed by atoms with Gasteiger partial charge in [-0.2, -0.15) is 10.5 Å². The van der Waals surface area contributed by atoms with Crippen LogP contribution in [0.1, 0.15) is 11.1 Å². The van der Waals surface area contributed by atoms with E-state index >= 15 is 0 Å². The highest BCUT2D eigenvalue weighted by Crippen LogP contribution is 2.39. The lowest BCUT2D eigenvalue weighted by atomic mass is 9.95. The number of rotatable bonds is 4. The molecule has 9 rings (SSSR count). The fourth-order valence-electron chi connectivity index (χ4n) is 6.96. The molecule has 0 aliphatic heterocycles. The summed E-state index contributed by atoms with van der Waals surface area (Å²) in [5.74, 6) is 0. The van der Waals surface area contributed by atoms with Crippen LogP contribution >= 0.6 is 0 Å². The van der Waals surface area contributed by atoms with Gasteiger partial charge in [-0.1, -0.05) is 84.9 Å². The Morgan fingerprint density at radius 3 is 1.85 bits per heavy atom. The lowest BCUT2D eigenvalue weighted by Gasteiger charge is -2.09. The van der Waals surface area contributed by atoms with E-state index in [9.17, 15) is 10.5 Å². The van der Waals surface area contributed by atoms with Crippen molar-refractivity contribution in [3.63, 3.8) is 0 Å². The fourth-order valence-corrected chi connectivity index (χ4v) is 6.96. The van der Waals surface area contributed by atoms with Crippen molar-refractivity contribution in [1.82, 2.24) is 4.57 Å². The average molecular weight is 612 g/mol. The van der Waals surface area contributed by atoms with E-state index in [4.69, 9.17) is 4.42 Å². The molecule has 4 nitrogen and oxygen atoms in total. The molecular formula is C44H25N3O. The second-order valence-corrected chi connectivity index (χ2v) is 12.0. The lowest BCUT2D eigenvalue weighted by molar-refractivity contribution is 0.667. The van der Waals surface area contributed by atoms with Crippen molar-refractivity contribution < 1.29 is 4.42 Å². The first-order chi connectivity index (χ1) is 23.7. The van der Waals surface area contributed by atoms with Crippen molar-refractivity contribution in [2.75, 3.05) is 0 Å². The Bertz CT molecular complexity index is 2810. The number of para-hydroxylation sites is 1. The van der Waals surface area contributed by atoms with Gasteiger partial charge in [-0.25, -0.2) is 0 Å². The first kappa shape index (κ1) is 27.4. The third-order valence-electron chi connectivity index (χ3n) is 9.23. The smallest absolute Gasteiger partial charge is 0.153 e. The summed E-state index contributed by atoms with van der Waals surface area (Å²) in [6, 6.07) is 56.5. The summed E-state index contributed by atoms with van der Waals surface area (Å²) in [6.45, 7) is 0. The standard InChI is InChI=1S/C44H25N3O/c45-26-28-16-18-42-38(20-28)37-14-4-5-15-41(37)47(42)36-17-19-43-39(25-36)40-24-34(23-35(27-46)44(40)48-43)33-13-7-12-32(22-33)31-11-6-10-30(21-31)29-8-2-1-3-9-29/h1-25H. The van der Waals surface area contributed by atoms with E-state index < -0.39 is 0 Å². The second-order valence-electron chi connectivity index (χ2n) is 12.0. The average Bonchev–Trinajstić information content (AvgIpc) is 3.70. The molecule has 0 atom stereocenters. The van der Waals surface area contributed by atoms with Gasteiger partial charge in [0.2, 0.25) is 0 Å². The molecule has 2 heterocycles. The van der Waals surface area contributed by atoms with E-state index in [1.54, 1.807) is 0 Å².